The Balaban J connectivity index is 1.59. The highest BCUT2D eigenvalue weighted by atomic mass is 16.5. The molecule has 1 saturated heterocycles. The van der Waals surface area contributed by atoms with Gasteiger partial charge < -0.3 is 15.0 Å². The molecule has 1 amide bonds. The summed E-state index contributed by atoms with van der Waals surface area (Å²) in [6.45, 7) is 2.80. The minimum Gasteiger partial charge on any atom is -0.496 e. The van der Waals surface area contributed by atoms with Crippen LogP contribution in [0.25, 0.3) is 0 Å². The van der Waals surface area contributed by atoms with Gasteiger partial charge in [-0.2, -0.15) is 0 Å². The highest BCUT2D eigenvalue weighted by molar-refractivity contribution is 5.96. The molecule has 0 saturated carbocycles. The Kier molecular flexibility index (Phi) is 5.36. The second-order valence-electron chi connectivity index (χ2n) is 6.10. The second kappa shape index (κ2) is 7.86. The number of amides is 1. The molecular formula is C20H24N2O2. The van der Waals surface area contributed by atoms with Gasteiger partial charge in [-0.15, -0.1) is 0 Å². The van der Waals surface area contributed by atoms with Gasteiger partial charge in [-0.1, -0.05) is 24.3 Å². The van der Waals surface area contributed by atoms with Crippen molar-refractivity contribution in [1.82, 2.24) is 5.32 Å². The average Bonchev–Trinajstić information content (AvgIpc) is 2.67. The third kappa shape index (κ3) is 3.88. The Bertz CT molecular complexity index is 676. The van der Waals surface area contributed by atoms with E-state index in [1.54, 1.807) is 19.2 Å². The number of ether oxygens (including phenoxy) is 1. The maximum absolute atomic E-state index is 12.3. The zero-order valence-electron chi connectivity index (χ0n) is 14.1. The van der Waals surface area contributed by atoms with Gasteiger partial charge in [0, 0.05) is 25.3 Å². The molecule has 0 unspecified atom stereocenters. The normalized spacial score (nSPS) is 14.3. The summed E-state index contributed by atoms with van der Waals surface area (Å²) >= 11 is 0. The van der Waals surface area contributed by atoms with Crippen molar-refractivity contribution >= 4 is 11.6 Å². The van der Waals surface area contributed by atoms with Crippen LogP contribution in [0.1, 0.15) is 35.2 Å². The van der Waals surface area contributed by atoms with Crippen molar-refractivity contribution in [3.8, 4) is 5.75 Å². The predicted molar refractivity (Wildman–Crippen MR) is 96.7 cm³/mol. The molecular weight excluding hydrogens is 300 g/mol. The van der Waals surface area contributed by atoms with E-state index >= 15 is 0 Å². The number of anilines is 1. The molecule has 0 atom stereocenters. The van der Waals surface area contributed by atoms with E-state index in [9.17, 15) is 4.79 Å². The summed E-state index contributed by atoms with van der Waals surface area (Å²) in [6.07, 6.45) is 3.89. The highest BCUT2D eigenvalue weighted by Gasteiger charge is 2.12. The lowest BCUT2D eigenvalue weighted by Gasteiger charge is -2.28. The third-order valence-corrected chi connectivity index (χ3v) is 4.46. The van der Waals surface area contributed by atoms with Crippen LogP contribution in [0, 0.1) is 0 Å². The van der Waals surface area contributed by atoms with E-state index in [1.165, 1.54) is 24.9 Å². The summed E-state index contributed by atoms with van der Waals surface area (Å²) in [5.74, 6) is 0.475. The second-order valence-corrected chi connectivity index (χ2v) is 6.10. The van der Waals surface area contributed by atoms with E-state index < -0.39 is 0 Å². The smallest absolute Gasteiger partial charge is 0.255 e. The van der Waals surface area contributed by atoms with Crippen molar-refractivity contribution in [2.75, 3.05) is 25.1 Å². The van der Waals surface area contributed by atoms with Crippen LogP contribution in [0.3, 0.4) is 0 Å². The number of hydrogen-bond acceptors (Lipinski definition) is 3. The lowest BCUT2D eigenvalue weighted by molar-refractivity contribution is 0.0948. The van der Waals surface area contributed by atoms with Crippen molar-refractivity contribution in [3.05, 3.63) is 59.7 Å². The third-order valence-electron chi connectivity index (χ3n) is 4.46. The number of carbonyl (C=O) groups is 1. The number of nitrogens with one attached hydrogen (secondary N) is 1. The minimum atomic E-state index is -0.118. The molecule has 2 aromatic rings. The molecule has 0 radical (unpaired) electrons. The summed E-state index contributed by atoms with van der Waals surface area (Å²) in [6, 6.07) is 15.7. The largest absolute Gasteiger partial charge is 0.496 e. The van der Waals surface area contributed by atoms with Crippen molar-refractivity contribution in [2.45, 2.75) is 25.8 Å². The van der Waals surface area contributed by atoms with Gasteiger partial charge in [-0.3, -0.25) is 4.79 Å². The molecule has 24 heavy (non-hydrogen) atoms. The van der Waals surface area contributed by atoms with Crippen LogP contribution in [0.15, 0.2) is 48.5 Å². The van der Waals surface area contributed by atoms with Crippen LogP contribution in [-0.2, 0) is 6.54 Å². The van der Waals surface area contributed by atoms with E-state index in [4.69, 9.17) is 4.74 Å². The van der Waals surface area contributed by atoms with Gasteiger partial charge in [-0.05, 0) is 49.1 Å². The molecule has 4 nitrogen and oxygen atoms in total. The van der Waals surface area contributed by atoms with Crippen LogP contribution in [-0.4, -0.2) is 26.1 Å². The van der Waals surface area contributed by atoms with Crippen LogP contribution in [0.4, 0.5) is 5.69 Å². The van der Waals surface area contributed by atoms with Gasteiger partial charge in [0.25, 0.3) is 5.91 Å². The van der Waals surface area contributed by atoms with Crippen LogP contribution >= 0.6 is 0 Å². The molecule has 4 heteroatoms. The van der Waals surface area contributed by atoms with Crippen molar-refractivity contribution in [3.63, 3.8) is 0 Å². The predicted octanol–water partition coefficient (Wildman–Crippen LogP) is 3.62. The van der Waals surface area contributed by atoms with E-state index in [0.29, 0.717) is 17.9 Å². The first-order valence-electron chi connectivity index (χ1n) is 8.53. The molecule has 3 rings (SSSR count). The van der Waals surface area contributed by atoms with Crippen LogP contribution < -0.4 is 15.0 Å². The van der Waals surface area contributed by atoms with E-state index in [-0.39, 0.29) is 5.91 Å². The number of carbonyl (C=O) groups excluding carboxylic acids is 1. The SMILES string of the molecule is COc1ccccc1C(=O)NCc1ccc(N2CCCCC2)cc1. The summed E-state index contributed by atoms with van der Waals surface area (Å²) in [5, 5.41) is 2.96. The number of rotatable bonds is 5. The standard InChI is InChI=1S/C20H24N2O2/c1-24-19-8-4-3-7-18(19)20(23)21-15-16-9-11-17(12-10-16)22-13-5-2-6-14-22/h3-4,7-12H,2,5-6,13-15H2,1H3,(H,21,23). The Morgan fingerprint density at radius 1 is 1.04 bits per heavy atom. The fraction of sp³-hybridized carbons (Fsp3) is 0.350. The van der Waals surface area contributed by atoms with Gasteiger partial charge in [0.05, 0.1) is 12.7 Å². The summed E-state index contributed by atoms with van der Waals surface area (Å²) in [7, 11) is 1.57. The average molecular weight is 324 g/mol. The molecule has 0 spiro atoms. The Morgan fingerprint density at radius 2 is 1.75 bits per heavy atom. The molecule has 1 N–H and O–H groups in total. The topological polar surface area (TPSA) is 41.6 Å². The fourth-order valence-electron chi connectivity index (χ4n) is 3.09. The summed E-state index contributed by atoms with van der Waals surface area (Å²) in [5.41, 5.74) is 2.93. The Morgan fingerprint density at radius 3 is 2.46 bits per heavy atom. The zero-order valence-corrected chi connectivity index (χ0v) is 14.1. The molecule has 0 bridgehead atoms. The van der Waals surface area contributed by atoms with E-state index in [1.807, 2.05) is 12.1 Å². The van der Waals surface area contributed by atoms with Gasteiger partial charge >= 0.3 is 0 Å². The van der Waals surface area contributed by atoms with Crippen molar-refractivity contribution in [1.29, 1.82) is 0 Å². The summed E-state index contributed by atoms with van der Waals surface area (Å²) < 4.78 is 5.24. The number of methoxy groups -OCH3 is 1. The monoisotopic (exact) mass is 324 g/mol. The fourth-order valence-corrected chi connectivity index (χ4v) is 3.09. The van der Waals surface area contributed by atoms with Gasteiger partial charge in [0.15, 0.2) is 0 Å². The number of nitrogens with zero attached hydrogens (tertiary/aromatic N) is 1. The van der Waals surface area contributed by atoms with Gasteiger partial charge in [0.2, 0.25) is 0 Å². The van der Waals surface area contributed by atoms with E-state index in [0.717, 1.165) is 18.7 Å². The number of hydrogen-bond donors (Lipinski definition) is 1. The van der Waals surface area contributed by atoms with Crippen molar-refractivity contribution < 1.29 is 9.53 Å². The van der Waals surface area contributed by atoms with Gasteiger partial charge in [-0.25, -0.2) is 0 Å². The minimum absolute atomic E-state index is 0.118. The molecule has 126 valence electrons. The molecule has 1 aliphatic rings. The lowest BCUT2D eigenvalue weighted by atomic mass is 10.1. The Labute approximate surface area is 143 Å². The number of benzene rings is 2. The van der Waals surface area contributed by atoms with Gasteiger partial charge in [0.1, 0.15) is 5.75 Å². The lowest BCUT2D eigenvalue weighted by Crippen LogP contribution is -2.29. The van der Waals surface area contributed by atoms with E-state index in [2.05, 4.69) is 34.5 Å². The highest BCUT2D eigenvalue weighted by Crippen LogP contribution is 2.20. The summed E-state index contributed by atoms with van der Waals surface area (Å²) in [4.78, 5) is 14.7. The zero-order chi connectivity index (χ0) is 16.8. The maximum Gasteiger partial charge on any atom is 0.255 e. The first-order chi connectivity index (χ1) is 11.8. The maximum atomic E-state index is 12.3. The van der Waals surface area contributed by atoms with Crippen LogP contribution in [0.5, 0.6) is 5.75 Å². The molecule has 1 aliphatic heterocycles. The van der Waals surface area contributed by atoms with Crippen LogP contribution in [0.2, 0.25) is 0 Å². The molecule has 2 aromatic carbocycles. The first-order valence-corrected chi connectivity index (χ1v) is 8.53. The Hall–Kier alpha value is -2.49. The number of para-hydroxylation sites is 1. The molecule has 0 aromatic heterocycles. The molecule has 1 fully saturated rings. The molecule has 1 heterocycles. The number of piperidine rings is 1. The first kappa shape index (κ1) is 16.4. The van der Waals surface area contributed by atoms with Crippen molar-refractivity contribution in [2.24, 2.45) is 0 Å². The quantitative estimate of drug-likeness (QED) is 0.913. The molecule has 0 aliphatic carbocycles.